The van der Waals surface area contributed by atoms with Gasteiger partial charge < -0.3 is 10.6 Å². The number of nitrogens with one attached hydrogen (secondary N) is 2. The van der Waals surface area contributed by atoms with Crippen LogP contribution in [0, 0.1) is 0 Å². The minimum atomic E-state index is -0.0228. The van der Waals surface area contributed by atoms with Crippen molar-refractivity contribution >= 4 is 11.7 Å². The van der Waals surface area contributed by atoms with Crippen LogP contribution in [0.1, 0.15) is 58.4 Å². The van der Waals surface area contributed by atoms with Gasteiger partial charge in [0.15, 0.2) is 0 Å². The Morgan fingerprint density at radius 2 is 2.10 bits per heavy atom. The smallest absolute Gasteiger partial charge is 0.227 e. The fourth-order valence-corrected chi connectivity index (χ4v) is 3.06. The molecule has 0 aromatic carbocycles. The van der Waals surface area contributed by atoms with Crippen molar-refractivity contribution in [2.75, 3.05) is 12.4 Å². The molecule has 0 unspecified atom stereocenters. The molecule has 0 radical (unpaired) electrons. The third-order valence-corrected chi connectivity index (χ3v) is 4.27. The number of nitrogens with zero attached hydrogens (tertiary/aromatic N) is 2. The Bertz CT molecular complexity index is 446. The number of hydrogen-bond donors (Lipinski definition) is 2. The van der Waals surface area contributed by atoms with E-state index in [4.69, 9.17) is 0 Å². The molecule has 1 amide bonds. The Balaban J connectivity index is 1.99. The predicted octanol–water partition coefficient (Wildman–Crippen LogP) is 2.71. The minimum absolute atomic E-state index is 0.0228. The molecule has 1 aliphatic carbocycles. The number of aromatic nitrogens is 2. The third-order valence-electron chi connectivity index (χ3n) is 4.27. The number of amides is 1. The molecule has 0 spiro atoms. The van der Waals surface area contributed by atoms with Crippen LogP contribution in [0.15, 0.2) is 12.3 Å². The molecule has 1 fully saturated rings. The van der Waals surface area contributed by atoms with Crippen molar-refractivity contribution in [3.63, 3.8) is 0 Å². The summed E-state index contributed by atoms with van der Waals surface area (Å²) in [4.78, 5) is 12.3. The molecule has 0 saturated heterocycles. The van der Waals surface area contributed by atoms with Gasteiger partial charge in [-0.05, 0) is 33.7 Å². The highest BCUT2D eigenvalue weighted by molar-refractivity contribution is 5.90. The second-order valence-corrected chi connectivity index (χ2v) is 6.07. The van der Waals surface area contributed by atoms with Crippen molar-refractivity contribution in [1.29, 1.82) is 0 Å². The standard InChI is InChI=1S/C15H26N4O/c1-12(2)19-13(7-10-17-19)18-14(20)11-15(16-3)8-5-4-6-9-15/h7,10,12,16H,4-6,8-9,11H2,1-3H3,(H,18,20). The zero-order chi connectivity index (χ0) is 14.6. The van der Waals surface area contributed by atoms with Gasteiger partial charge in [-0.2, -0.15) is 5.10 Å². The molecule has 0 bridgehead atoms. The van der Waals surface area contributed by atoms with Gasteiger partial charge in [-0.15, -0.1) is 0 Å². The van der Waals surface area contributed by atoms with Gasteiger partial charge in [-0.1, -0.05) is 19.3 Å². The van der Waals surface area contributed by atoms with Crippen molar-refractivity contribution in [2.24, 2.45) is 0 Å². The maximum Gasteiger partial charge on any atom is 0.227 e. The lowest BCUT2D eigenvalue weighted by molar-refractivity contribution is -0.118. The molecule has 1 aliphatic rings. The van der Waals surface area contributed by atoms with Gasteiger partial charge in [-0.25, -0.2) is 4.68 Å². The van der Waals surface area contributed by atoms with Crippen LogP contribution in [-0.2, 0) is 4.79 Å². The second-order valence-electron chi connectivity index (χ2n) is 6.07. The van der Waals surface area contributed by atoms with Crippen molar-refractivity contribution in [1.82, 2.24) is 15.1 Å². The lowest BCUT2D eigenvalue weighted by Gasteiger charge is -2.36. The highest BCUT2D eigenvalue weighted by Gasteiger charge is 2.32. The van der Waals surface area contributed by atoms with Crippen molar-refractivity contribution in [3.8, 4) is 0 Å². The summed E-state index contributed by atoms with van der Waals surface area (Å²) in [5.74, 6) is 0.857. The Morgan fingerprint density at radius 1 is 1.40 bits per heavy atom. The molecule has 112 valence electrons. The summed E-state index contributed by atoms with van der Waals surface area (Å²) in [6.45, 7) is 4.11. The summed E-state index contributed by atoms with van der Waals surface area (Å²) in [5.41, 5.74) is -0.0228. The lowest BCUT2D eigenvalue weighted by Crippen LogP contribution is -2.47. The quantitative estimate of drug-likeness (QED) is 0.870. The van der Waals surface area contributed by atoms with Crippen LogP contribution >= 0.6 is 0 Å². The average molecular weight is 278 g/mol. The molecule has 1 aromatic heterocycles. The number of carbonyl (C=O) groups excluding carboxylic acids is 1. The molecule has 5 heteroatoms. The second kappa shape index (κ2) is 6.39. The molecular formula is C15H26N4O. The van der Waals surface area contributed by atoms with Gasteiger partial charge in [0.1, 0.15) is 5.82 Å². The van der Waals surface area contributed by atoms with Crippen LogP contribution in [0.3, 0.4) is 0 Å². The van der Waals surface area contributed by atoms with E-state index in [1.807, 2.05) is 17.8 Å². The van der Waals surface area contributed by atoms with Gasteiger partial charge in [-0.3, -0.25) is 4.79 Å². The van der Waals surface area contributed by atoms with Gasteiger partial charge in [0.25, 0.3) is 0 Å². The zero-order valence-electron chi connectivity index (χ0n) is 12.8. The van der Waals surface area contributed by atoms with Crippen molar-refractivity contribution in [2.45, 2.75) is 64.0 Å². The molecule has 1 heterocycles. The maximum absolute atomic E-state index is 12.3. The molecule has 0 atom stereocenters. The minimum Gasteiger partial charge on any atom is -0.314 e. The Labute approximate surface area is 121 Å². The van der Waals surface area contributed by atoms with Crippen LogP contribution < -0.4 is 10.6 Å². The SMILES string of the molecule is CNC1(CC(=O)Nc2ccnn2C(C)C)CCCCC1. The van der Waals surface area contributed by atoms with Crippen LogP contribution in [0.5, 0.6) is 0 Å². The third kappa shape index (κ3) is 3.39. The highest BCUT2D eigenvalue weighted by atomic mass is 16.1. The van der Waals surface area contributed by atoms with E-state index in [2.05, 4.69) is 29.6 Å². The number of anilines is 1. The molecular weight excluding hydrogens is 252 g/mol. The molecule has 1 aromatic rings. The van der Waals surface area contributed by atoms with Crippen LogP contribution in [0.2, 0.25) is 0 Å². The van der Waals surface area contributed by atoms with Gasteiger partial charge in [0, 0.05) is 24.1 Å². The molecule has 20 heavy (non-hydrogen) atoms. The van der Waals surface area contributed by atoms with E-state index in [1.165, 1.54) is 19.3 Å². The molecule has 2 rings (SSSR count). The summed E-state index contributed by atoms with van der Waals surface area (Å²) in [7, 11) is 1.97. The fourth-order valence-electron chi connectivity index (χ4n) is 3.06. The normalized spacial score (nSPS) is 18.2. The van der Waals surface area contributed by atoms with E-state index in [1.54, 1.807) is 6.20 Å². The Morgan fingerprint density at radius 3 is 2.70 bits per heavy atom. The zero-order valence-corrected chi connectivity index (χ0v) is 12.8. The van der Waals surface area contributed by atoms with E-state index in [9.17, 15) is 4.79 Å². The molecule has 2 N–H and O–H groups in total. The fraction of sp³-hybridized carbons (Fsp3) is 0.733. The monoisotopic (exact) mass is 278 g/mol. The highest BCUT2D eigenvalue weighted by Crippen LogP contribution is 2.31. The maximum atomic E-state index is 12.3. The number of hydrogen-bond acceptors (Lipinski definition) is 3. The van der Waals surface area contributed by atoms with Crippen molar-refractivity contribution in [3.05, 3.63) is 12.3 Å². The summed E-state index contributed by atoms with van der Waals surface area (Å²) in [6.07, 6.45) is 8.12. The van der Waals surface area contributed by atoms with Crippen LogP contribution in [0.25, 0.3) is 0 Å². The largest absolute Gasteiger partial charge is 0.314 e. The van der Waals surface area contributed by atoms with E-state index in [0.29, 0.717) is 6.42 Å². The number of rotatable bonds is 5. The topological polar surface area (TPSA) is 59.0 Å². The van der Waals surface area contributed by atoms with Gasteiger partial charge in [0.2, 0.25) is 5.91 Å². The van der Waals surface area contributed by atoms with Gasteiger partial charge >= 0.3 is 0 Å². The van der Waals surface area contributed by atoms with Crippen LogP contribution in [0.4, 0.5) is 5.82 Å². The van der Waals surface area contributed by atoms with E-state index in [0.717, 1.165) is 18.7 Å². The van der Waals surface area contributed by atoms with E-state index < -0.39 is 0 Å². The van der Waals surface area contributed by atoms with Gasteiger partial charge in [0.05, 0.1) is 6.20 Å². The predicted molar refractivity (Wildman–Crippen MR) is 80.7 cm³/mol. The summed E-state index contributed by atoms with van der Waals surface area (Å²) in [6, 6.07) is 2.10. The molecule has 0 aliphatic heterocycles. The first-order valence-electron chi connectivity index (χ1n) is 7.59. The number of carbonyl (C=O) groups is 1. The first-order chi connectivity index (χ1) is 9.56. The Kier molecular flexibility index (Phi) is 4.81. The average Bonchev–Trinajstić information content (AvgIpc) is 2.88. The van der Waals surface area contributed by atoms with Crippen molar-refractivity contribution < 1.29 is 4.79 Å². The molecule has 5 nitrogen and oxygen atoms in total. The van der Waals surface area contributed by atoms with E-state index >= 15 is 0 Å². The van der Waals surface area contributed by atoms with E-state index in [-0.39, 0.29) is 17.5 Å². The van der Waals surface area contributed by atoms with Crippen LogP contribution in [-0.4, -0.2) is 28.3 Å². The summed E-state index contributed by atoms with van der Waals surface area (Å²) < 4.78 is 1.84. The summed E-state index contributed by atoms with van der Waals surface area (Å²) >= 11 is 0. The first kappa shape index (κ1) is 15.0. The molecule has 1 saturated carbocycles. The Hall–Kier alpha value is -1.36. The summed E-state index contributed by atoms with van der Waals surface area (Å²) in [5, 5.41) is 10.6. The first-order valence-corrected chi connectivity index (χ1v) is 7.59. The lowest BCUT2D eigenvalue weighted by atomic mass is 9.79.